The van der Waals surface area contributed by atoms with Gasteiger partial charge in [0.1, 0.15) is 5.75 Å². The molecule has 16 heavy (non-hydrogen) atoms. The molecule has 0 unspecified atom stereocenters. The molecule has 0 amide bonds. The topological polar surface area (TPSA) is 26.3 Å². The molecule has 0 N–H and O–H groups in total. The molecular weight excluding hydrogens is 241 g/mol. The number of carbonyl (C=O) groups is 1. The molecule has 0 aromatic heterocycles. The Morgan fingerprint density at radius 1 is 1.31 bits per heavy atom. The molecular formula is C10H11F3O2S. The van der Waals surface area contributed by atoms with Crippen molar-refractivity contribution in [2.75, 3.05) is 6.26 Å². The Kier molecular flexibility index (Phi) is 7.45. The van der Waals surface area contributed by atoms with Gasteiger partial charge in [-0.25, -0.2) is 0 Å². The Morgan fingerprint density at radius 3 is 2.25 bits per heavy atom. The van der Waals surface area contributed by atoms with Gasteiger partial charge in [-0.1, -0.05) is 12.1 Å². The van der Waals surface area contributed by atoms with Gasteiger partial charge in [-0.2, -0.15) is 13.2 Å². The summed E-state index contributed by atoms with van der Waals surface area (Å²) in [5.41, 5.74) is 0. The van der Waals surface area contributed by atoms with E-state index in [1.807, 2.05) is 24.5 Å². The fourth-order valence-corrected chi connectivity index (χ4v) is 1.38. The predicted molar refractivity (Wildman–Crippen MR) is 56.6 cm³/mol. The van der Waals surface area contributed by atoms with Crippen molar-refractivity contribution in [3.63, 3.8) is 0 Å². The highest BCUT2D eigenvalue weighted by Gasteiger charge is 2.02. The first-order valence-corrected chi connectivity index (χ1v) is 5.43. The van der Waals surface area contributed by atoms with Crippen LogP contribution in [0.25, 0.3) is 0 Å². The molecule has 0 spiro atoms. The number of hydrogen-bond donors (Lipinski definition) is 0. The summed E-state index contributed by atoms with van der Waals surface area (Å²) >= 11 is 1.56. The quantitative estimate of drug-likeness (QED) is 0.457. The molecule has 0 aliphatic rings. The fraction of sp³-hybridized carbons (Fsp3) is 0.300. The number of thioether (sulfide) groups is 1. The number of alkyl halides is 3. The van der Waals surface area contributed by atoms with Crippen LogP contribution < -0.4 is 4.74 Å². The number of para-hydroxylation sites is 1. The first-order valence-electron chi connectivity index (χ1n) is 4.21. The van der Waals surface area contributed by atoms with E-state index in [2.05, 4.69) is 0 Å². The summed E-state index contributed by atoms with van der Waals surface area (Å²) < 4.78 is 34.0. The zero-order chi connectivity index (χ0) is 12.6. The van der Waals surface area contributed by atoms with Crippen LogP contribution in [-0.4, -0.2) is 18.9 Å². The second kappa shape index (κ2) is 8.04. The van der Waals surface area contributed by atoms with Crippen LogP contribution in [-0.2, 0) is 4.79 Å². The Balaban J connectivity index is 0.000000487. The number of benzene rings is 1. The second-order valence-electron chi connectivity index (χ2n) is 2.49. The third-order valence-corrected chi connectivity index (χ3v) is 2.10. The molecule has 0 aliphatic carbocycles. The van der Waals surface area contributed by atoms with Gasteiger partial charge in [0, 0.05) is 11.8 Å². The summed E-state index contributed by atoms with van der Waals surface area (Å²) in [6.45, 7) is -2.27. The minimum Gasteiger partial charge on any atom is -0.426 e. The van der Waals surface area contributed by atoms with E-state index in [-0.39, 0.29) is 5.97 Å². The van der Waals surface area contributed by atoms with Crippen molar-refractivity contribution in [1.29, 1.82) is 0 Å². The van der Waals surface area contributed by atoms with Crippen molar-refractivity contribution in [2.24, 2.45) is 0 Å². The van der Waals surface area contributed by atoms with E-state index in [0.29, 0.717) is 5.75 Å². The van der Waals surface area contributed by atoms with Crippen LogP contribution in [0.2, 0.25) is 0 Å². The average molecular weight is 252 g/mol. The number of rotatable bonds is 2. The lowest BCUT2D eigenvalue weighted by atomic mass is 10.3. The summed E-state index contributed by atoms with van der Waals surface area (Å²) in [6.07, 6.45) is 1.95. The van der Waals surface area contributed by atoms with Gasteiger partial charge in [0.05, 0.1) is 0 Å². The minimum absolute atomic E-state index is 0.281. The van der Waals surface area contributed by atoms with Crippen LogP contribution in [0.3, 0.4) is 0 Å². The number of ether oxygens (including phenoxy) is 1. The van der Waals surface area contributed by atoms with E-state index in [1.54, 1.807) is 17.8 Å². The smallest absolute Gasteiger partial charge is 0.379 e. The van der Waals surface area contributed by atoms with Gasteiger partial charge in [0.15, 0.2) is 0 Å². The first-order chi connectivity index (χ1) is 7.47. The lowest BCUT2D eigenvalue weighted by Crippen LogP contribution is -2.01. The average Bonchev–Trinajstić information content (AvgIpc) is 2.17. The van der Waals surface area contributed by atoms with Crippen LogP contribution in [0.5, 0.6) is 5.75 Å². The SMILES string of the molecule is CSc1ccccc1OC(C)=O.FC(F)F. The lowest BCUT2D eigenvalue weighted by Gasteiger charge is -2.04. The number of hydrogen-bond acceptors (Lipinski definition) is 3. The molecule has 0 saturated carbocycles. The van der Waals surface area contributed by atoms with Gasteiger partial charge in [0.2, 0.25) is 0 Å². The Morgan fingerprint density at radius 2 is 1.81 bits per heavy atom. The molecule has 1 aromatic carbocycles. The van der Waals surface area contributed by atoms with Gasteiger partial charge in [-0.15, -0.1) is 11.8 Å². The molecule has 0 heterocycles. The van der Waals surface area contributed by atoms with E-state index >= 15 is 0 Å². The maximum atomic E-state index is 10.6. The van der Waals surface area contributed by atoms with E-state index < -0.39 is 6.68 Å². The van der Waals surface area contributed by atoms with Crippen molar-refractivity contribution >= 4 is 17.7 Å². The molecule has 0 radical (unpaired) electrons. The highest BCUT2D eigenvalue weighted by Crippen LogP contribution is 2.26. The molecule has 0 atom stereocenters. The molecule has 2 nitrogen and oxygen atoms in total. The standard InChI is InChI=1S/C9H10O2S.CHF3/c1-7(10)11-8-5-3-4-6-9(8)12-2;2-1(3)4/h3-6H,1-2H3;1H. The third kappa shape index (κ3) is 7.17. The molecule has 0 fully saturated rings. The van der Waals surface area contributed by atoms with Crippen LogP contribution in [0.4, 0.5) is 13.2 Å². The molecule has 6 heteroatoms. The molecule has 0 aliphatic heterocycles. The van der Waals surface area contributed by atoms with Crippen molar-refractivity contribution in [3.8, 4) is 5.75 Å². The summed E-state index contributed by atoms with van der Waals surface area (Å²) in [5.74, 6) is 0.356. The Labute approximate surface area is 95.8 Å². The van der Waals surface area contributed by atoms with E-state index in [0.717, 1.165) is 4.90 Å². The highest BCUT2D eigenvalue weighted by atomic mass is 32.2. The first kappa shape index (κ1) is 14.8. The van der Waals surface area contributed by atoms with Crippen LogP contribution in [0.15, 0.2) is 29.2 Å². The summed E-state index contributed by atoms with van der Waals surface area (Å²) in [7, 11) is 0. The highest BCUT2D eigenvalue weighted by molar-refractivity contribution is 7.98. The minimum atomic E-state index is -3.67. The second-order valence-corrected chi connectivity index (χ2v) is 3.34. The zero-order valence-electron chi connectivity index (χ0n) is 8.75. The molecule has 0 bridgehead atoms. The normalized spacial score (nSPS) is 9.38. The van der Waals surface area contributed by atoms with Gasteiger partial charge in [-0.3, -0.25) is 4.79 Å². The van der Waals surface area contributed by atoms with E-state index in [4.69, 9.17) is 4.74 Å². The summed E-state index contributed by atoms with van der Waals surface area (Å²) in [6, 6.07) is 7.47. The monoisotopic (exact) mass is 252 g/mol. The predicted octanol–water partition coefficient (Wildman–Crippen LogP) is 3.51. The van der Waals surface area contributed by atoms with Crippen LogP contribution >= 0.6 is 11.8 Å². The van der Waals surface area contributed by atoms with Gasteiger partial charge >= 0.3 is 12.6 Å². The molecule has 0 saturated heterocycles. The Hall–Kier alpha value is -1.17. The van der Waals surface area contributed by atoms with Crippen LogP contribution in [0, 0.1) is 0 Å². The molecule has 1 rings (SSSR count). The van der Waals surface area contributed by atoms with E-state index in [9.17, 15) is 18.0 Å². The maximum absolute atomic E-state index is 10.6. The van der Waals surface area contributed by atoms with Crippen molar-refractivity contribution in [3.05, 3.63) is 24.3 Å². The number of halogens is 3. The summed E-state index contributed by atoms with van der Waals surface area (Å²) in [4.78, 5) is 11.6. The molecule has 1 aromatic rings. The van der Waals surface area contributed by atoms with Gasteiger partial charge in [0.25, 0.3) is 0 Å². The van der Waals surface area contributed by atoms with Crippen LogP contribution in [0.1, 0.15) is 6.92 Å². The number of carbonyl (C=O) groups excluding carboxylic acids is 1. The fourth-order valence-electron chi connectivity index (χ4n) is 0.858. The van der Waals surface area contributed by atoms with Crippen molar-refractivity contribution in [1.82, 2.24) is 0 Å². The maximum Gasteiger partial charge on any atom is 0.379 e. The molecule has 90 valence electrons. The van der Waals surface area contributed by atoms with Crippen molar-refractivity contribution < 1.29 is 22.7 Å². The lowest BCUT2D eigenvalue weighted by molar-refractivity contribution is -0.132. The van der Waals surface area contributed by atoms with Crippen molar-refractivity contribution in [2.45, 2.75) is 18.5 Å². The zero-order valence-corrected chi connectivity index (χ0v) is 9.56. The Bertz CT molecular complexity index is 329. The summed E-state index contributed by atoms with van der Waals surface area (Å²) in [5, 5.41) is 0. The number of esters is 1. The third-order valence-electron chi connectivity index (χ3n) is 1.32. The van der Waals surface area contributed by atoms with E-state index in [1.165, 1.54) is 6.92 Å². The van der Waals surface area contributed by atoms with Gasteiger partial charge < -0.3 is 4.74 Å². The largest absolute Gasteiger partial charge is 0.426 e. The van der Waals surface area contributed by atoms with Gasteiger partial charge in [-0.05, 0) is 18.4 Å².